The van der Waals surface area contributed by atoms with Gasteiger partial charge in [0, 0.05) is 29.9 Å². The highest BCUT2D eigenvalue weighted by Crippen LogP contribution is 2.27. The summed E-state index contributed by atoms with van der Waals surface area (Å²) in [6, 6.07) is 7.82. The summed E-state index contributed by atoms with van der Waals surface area (Å²) in [5.41, 5.74) is 3.44. The summed E-state index contributed by atoms with van der Waals surface area (Å²) in [7, 11) is 0. The van der Waals surface area contributed by atoms with Crippen LogP contribution < -0.4 is 10.6 Å². The first-order chi connectivity index (χ1) is 13.9. The fourth-order valence-electron chi connectivity index (χ4n) is 2.90. The van der Waals surface area contributed by atoms with Crippen LogP contribution >= 0.6 is 11.8 Å². The third-order valence-electron chi connectivity index (χ3n) is 4.79. The molecule has 2 heterocycles. The Kier molecular flexibility index (Phi) is 6.79. The lowest BCUT2D eigenvalue weighted by molar-refractivity contribution is 0.0939. The molecule has 2 N–H and O–H groups in total. The molecule has 3 aromatic rings. The lowest BCUT2D eigenvalue weighted by Gasteiger charge is -2.12. The van der Waals surface area contributed by atoms with Crippen LogP contribution in [0.1, 0.15) is 44.5 Å². The number of thioether (sulfide) groups is 1. The fourth-order valence-corrected chi connectivity index (χ4v) is 3.29. The molecule has 154 valence electrons. The largest absolute Gasteiger partial charge is 0.367 e. The van der Waals surface area contributed by atoms with E-state index in [1.807, 2.05) is 49.8 Å². The molecule has 0 bridgehead atoms. The van der Waals surface area contributed by atoms with Crippen molar-refractivity contribution < 1.29 is 4.79 Å². The van der Waals surface area contributed by atoms with Crippen molar-refractivity contribution in [2.45, 2.75) is 45.2 Å². The molecular weight excluding hydrogens is 382 g/mol. The van der Waals surface area contributed by atoms with Crippen molar-refractivity contribution in [1.29, 1.82) is 0 Å². The minimum atomic E-state index is -0.0434. The van der Waals surface area contributed by atoms with Gasteiger partial charge in [0.05, 0.1) is 11.9 Å². The molecule has 1 amide bonds. The smallest absolute Gasteiger partial charge is 0.251 e. The van der Waals surface area contributed by atoms with Gasteiger partial charge >= 0.3 is 0 Å². The SMILES string of the molecule is CCC(C)NC(=O)c1ccc(-c2cnc3c(NCC(C)C)nc(SC)cn23)cc1. The zero-order valence-electron chi connectivity index (χ0n) is 17.7. The molecule has 6 nitrogen and oxygen atoms in total. The van der Waals surface area contributed by atoms with Crippen LogP contribution in [0.25, 0.3) is 16.9 Å². The van der Waals surface area contributed by atoms with Crippen molar-refractivity contribution in [3.8, 4) is 11.3 Å². The molecule has 1 aromatic carbocycles. The van der Waals surface area contributed by atoms with Crippen LogP contribution in [0.5, 0.6) is 0 Å². The maximum atomic E-state index is 12.3. The van der Waals surface area contributed by atoms with Crippen LogP contribution in [0.4, 0.5) is 5.82 Å². The molecule has 7 heteroatoms. The van der Waals surface area contributed by atoms with Crippen molar-refractivity contribution in [2.75, 3.05) is 18.1 Å². The first-order valence-electron chi connectivity index (χ1n) is 10.00. The van der Waals surface area contributed by atoms with E-state index in [9.17, 15) is 4.79 Å². The highest BCUT2D eigenvalue weighted by molar-refractivity contribution is 7.98. The lowest BCUT2D eigenvalue weighted by Crippen LogP contribution is -2.31. The van der Waals surface area contributed by atoms with E-state index in [0.717, 1.165) is 40.7 Å². The van der Waals surface area contributed by atoms with Crippen molar-refractivity contribution in [3.05, 3.63) is 42.2 Å². The summed E-state index contributed by atoms with van der Waals surface area (Å²) in [6.07, 6.45) is 6.79. The van der Waals surface area contributed by atoms with Gasteiger partial charge in [0.2, 0.25) is 0 Å². The molecule has 1 unspecified atom stereocenters. The maximum absolute atomic E-state index is 12.3. The van der Waals surface area contributed by atoms with Crippen LogP contribution in [0.3, 0.4) is 0 Å². The van der Waals surface area contributed by atoms with Crippen molar-refractivity contribution in [1.82, 2.24) is 19.7 Å². The van der Waals surface area contributed by atoms with Gasteiger partial charge in [0.15, 0.2) is 11.5 Å². The number of carbonyl (C=O) groups excluding carboxylic acids is 1. The number of amides is 1. The Balaban J connectivity index is 1.93. The van der Waals surface area contributed by atoms with Gasteiger partial charge in [0.25, 0.3) is 5.91 Å². The van der Waals surface area contributed by atoms with E-state index in [0.29, 0.717) is 11.5 Å². The van der Waals surface area contributed by atoms with E-state index in [1.165, 1.54) is 0 Å². The van der Waals surface area contributed by atoms with Crippen LogP contribution in [0.2, 0.25) is 0 Å². The van der Waals surface area contributed by atoms with Gasteiger partial charge < -0.3 is 10.6 Å². The summed E-state index contributed by atoms with van der Waals surface area (Å²) < 4.78 is 2.07. The molecule has 3 rings (SSSR count). The Morgan fingerprint density at radius 3 is 2.55 bits per heavy atom. The normalized spacial score (nSPS) is 12.3. The summed E-state index contributed by atoms with van der Waals surface area (Å²) in [6.45, 7) is 9.23. The number of fused-ring (bicyclic) bond motifs is 1. The van der Waals surface area contributed by atoms with Gasteiger partial charge in [-0.25, -0.2) is 9.97 Å². The third-order valence-corrected chi connectivity index (χ3v) is 5.40. The van der Waals surface area contributed by atoms with E-state index >= 15 is 0 Å². The number of nitrogens with zero attached hydrogens (tertiary/aromatic N) is 3. The predicted molar refractivity (Wildman–Crippen MR) is 121 cm³/mol. The van der Waals surface area contributed by atoms with E-state index in [2.05, 4.69) is 45.8 Å². The lowest BCUT2D eigenvalue weighted by atomic mass is 10.1. The van der Waals surface area contributed by atoms with E-state index in [4.69, 9.17) is 0 Å². The Bertz CT molecular complexity index is 981. The molecule has 29 heavy (non-hydrogen) atoms. The highest BCUT2D eigenvalue weighted by atomic mass is 32.2. The van der Waals surface area contributed by atoms with E-state index in [1.54, 1.807) is 11.8 Å². The summed E-state index contributed by atoms with van der Waals surface area (Å²) in [5, 5.41) is 7.34. The third kappa shape index (κ3) is 4.90. The van der Waals surface area contributed by atoms with Crippen molar-refractivity contribution >= 4 is 29.1 Å². The number of anilines is 1. The van der Waals surface area contributed by atoms with Gasteiger partial charge in [-0.2, -0.15) is 0 Å². The predicted octanol–water partition coefficient (Wildman–Crippen LogP) is 4.71. The minimum absolute atomic E-state index is 0.0434. The number of aromatic nitrogens is 3. The molecular formula is C22H29N5OS. The standard InChI is InChI=1S/C22H29N5OS/c1-6-15(4)25-22(28)17-9-7-16(8-10-17)18-12-24-21-20(23-11-14(2)3)26-19(29-5)13-27(18)21/h7-10,12-15H,6,11H2,1-5H3,(H,23,26)(H,25,28). The Morgan fingerprint density at radius 2 is 1.93 bits per heavy atom. The van der Waals surface area contributed by atoms with Crippen LogP contribution in [-0.4, -0.2) is 39.1 Å². The van der Waals surface area contributed by atoms with Crippen LogP contribution in [0.15, 0.2) is 41.7 Å². The first kappa shape index (κ1) is 21.2. The van der Waals surface area contributed by atoms with Crippen LogP contribution in [0, 0.1) is 5.92 Å². The number of benzene rings is 1. The zero-order valence-corrected chi connectivity index (χ0v) is 18.5. The fraction of sp³-hybridized carbons (Fsp3) is 0.409. The molecule has 0 saturated heterocycles. The molecule has 0 aliphatic rings. The number of hydrogen-bond acceptors (Lipinski definition) is 5. The van der Waals surface area contributed by atoms with Gasteiger partial charge in [-0.15, -0.1) is 11.8 Å². The van der Waals surface area contributed by atoms with Crippen LogP contribution in [-0.2, 0) is 0 Å². The number of nitrogens with one attached hydrogen (secondary N) is 2. The Morgan fingerprint density at radius 1 is 1.21 bits per heavy atom. The first-order valence-corrected chi connectivity index (χ1v) is 11.2. The summed E-state index contributed by atoms with van der Waals surface area (Å²) >= 11 is 1.60. The molecule has 0 saturated carbocycles. The number of hydrogen-bond donors (Lipinski definition) is 2. The van der Waals surface area contributed by atoms with Gasteiger partial charge in [-0.1, -0.05) is 32.9 Å². The zero-order chi connectivity index (χ0) is 21.0. The van der Waals surface area contributed by atoms with Gasteiger partial charge in [-0.3, -0.25) is 9.20 Å². The molecule has 0 aliphatic carbocycles. The minimum Gasteiger partial charge on any atom is -0.367 e. The number of rotatable bonds is 8. The Hall–Kier alpha value is -2.54. The van der Waals surface area contributed by atoms with E-state index in [-0.39, 0.29) is 11.9 Å². The molecule has 1 atom stereocenters. The van der Waals surface area contributed by atoms with Gasteiger partial charge in [0.1, 0.15) is 5.03 Å². The van der Waals surface area contributed by atoms with Crippen molar-refractivity contribution in [2.24, 2.45) is 5.92 Å². The van der Waals surface area contributed by atoms with Gasteiger partial charge in [-0.05, 0) is 37.7 Å². The number of carbonyl (C=O) groups is 1. The van der Waals surface area contributed by atoms with E-state index < -0.39 is 0 Å². The average Bonchev–Trinajstić information content (AvgIpc) is 3.15. The molecule has 0 spiro atoms. The molecule has 0 fully saturated rings. The second-order valence-corrected chi connectivity index (χ2v) is 8.43. The second-order valence-electron chi connectivity index (χ2n) is 7.60. The second kappa shape index (κ2) is 9.31. The topological polar surface area (TPSA) is 71.3 Å². The average molecular weight is 412 g/mol. The van der Waals surface area contributed by atoms with Crippen molar-refractivity contribution in [3.63, 3.8) is 0 Å². The quantitative estimate of drug-likeness (QED) is 0.525. The summed E-state index contributed by atoms with van der Waals surface area (Å²) in [4.78, 5) is 21.6. The number of imidazole rings is 1. The summed E-state index contributed by atoms with van der Waals surface area (Å²) in [5.74, 6) is 1.26. The molecule has 0 aliphatic heterocycles. The monoisotopic (exact) mass is 411 g/mol. The highest BCUT2D eigenvalue weighted by Gasteiger charge is 2.14. The molecule has 2 aromatic heterocycles. The maximum Gasteiger partial charge on any atom is 0.251 e. The molecule has 0 radical (unpaired) electrons. The Labute approximate surface area is 176 Å².